The van der Waals surface area contributed by atoms with Crippen LogP contribution in [0.5, 0.6) is 0 Å². The molecule has 2 nitrogen and oxygen atoms in total. The normalized spacial score (nSPS) is 11.5. The Hall–Kier alpha value is -7.20. The third kappa shape index (κ3) is 5.88. The van der Waals surface area contributed by atoms with E-state index in [9.17, 15) is 0 Å². The summed E-state index contributed by atoms with van der Waals surface area (Å²) in [5, 5.41) is 7.31. The van der Waals surface area contributed by atoms with Crippen molar-refractivity contribution in [3.05, 3.63) is 206 Å². The van der Waals surface area contributed by atoms with Gasteiger partial charge in [-0.05, 0) is 91.0 Å². The van der Waals surface area contributed by atoms with Crippen LogP contribution in [0.25, 0.3) is 109 Å². The van der Waals surface area contributed by atoms with E-state index in [-0.39, 0.29) is 0 Å². The van der Waals surface area contributed by atoms with Gasteiger partial charge in [0.15, 0.2) is 5.82 Å². The second-order valence-electron chi connectivity index (χ2n) is 14.5. The number of thiophene rings is 1. The van der Waals surface area contributed by atoms with E-state index < -0.39 is 0 Å². The first-order chi connectivity index (χ1) is 28.2. The Labute approximate surface area is 335 Å². The van der Waals surface area contributed by atoms with E-state index in [0.717, 1.165) is 44.0 Å². The molecule has 0 amide bonds. The van der Waals surface area contributed by atoms with Crippen molar-refractivity contribution < 1.29 is 0 Å². The summed E-state index contributed by atoms with van der Waals surface area (Å²) in [6.45, 7) is 0. The van der Waals surface area contributed by atoms with E-state index in [1.54, 1.807) is 11.3 Å². The predicted octanol–water partition coefficient (Wildman–Crippen LogP) is 15.2. The van der Waals surface area contributed by atoms with Crippen LogP contribution in [0.3, 0.4) is 0 Å². The molecule has 0 aliphatic rings. The Morgan fingerprint density at radius 3 is 1.28 bits per heavy atom. The van der Waals surface area contributed by atoms with Gasteiger partial charge in [-0.3, -0.25) is 0 Å². The van der Waals surface area contributed by atoms with Crippen LogP contribution in [0.15, 0.2) is 206 Å². The maximum Gasteiger partial charge on any atom is 0.161 e. The first-order valence-electron chi connectivity index (χ1n) is 19.3. The largest absolute Gasteiger partial charge is 0.227 e. The molecule has 0 saturated carbocycles. The van der Waals surface area contributed by atoms with E-state index >= 15 is 0 Å². The molecule has 0 aliphatic heterocycles. The van der Waals surface area contributed by atoms with Gasteiger partial charge < -0.3 is 0 Å². The van der Waals surface area contributed by atoms with Crippen LogP contribution in [-0.4, -0.2) is 9.97 Å². The number of fused-ring (bicyclic) bond motifs is 8. The second kappa shape index (κ2) is 13.8. The van der Waals surface area contributed by atoms with Crippen molar-refractivity contribution in [3.8, 4) is 67.2 Å². The topological polar surface area (TPSA) is 25.8 Å². The minimum Gasteiger partial charge on any atom is -0.227 e. The highest BCUT2D eigenvalue weighted by molar-refractivity contribution is 7.26. The Kier molecular flexibility index (Phi) is 8.04. The summed E-state index contributed by atoms with van der Waals surface area (Å²) in [6, 6.07) is 73.9. The smallest absolute Gasteiger partial charge is 0.161 e. The zero-order valence-corrected chi connectivity index (χ0v) is 31.7. The van der Waals surface area contributed by atoms with Crippen molar-refractivity contribution in [1.29, 1.82) is 0 Å². The lowest BCUT2D eigenvalue weighted by Crippen LogP contribution is -1.94. The fourth-order valence-electron chi connectivity index (χ4n) is 8.34. The quantitative estimate of drug-likeness (QED) is 0.159. The number of hydrogen-bond acceptors (Lipinski definition) is 3. The summed E-state index contributed by atoms with van der Waals surface area (Å²) in [4.78, 5) is 11.7. The van der Waals surface area contributed by atoms with Crippen LogP contribution in [0.1, 0.15) is 0 Å². The molecule has 0 fully saturated rings. The molecule has 0 atom stereocenters. The van der Waals surface area contributed by atoms with Crippen LogP contribution in [0, 0.1) is 0 Å². The van der Waals surface area contributed by atoms with Crippen LogP contribution < -0.4 is 0 Å². The fourth-order valence-corrected chi connectivity index (χ4v) is 9.57. The van der Waals surface area contributed by atoms with Gasteiger partial charge in [-0.1, -0.05) is 176 Å². The molecule has 0 bridgehead atoms. The Bertz CT molecular complexity index is 3220. The van der Waals surface area contributed by atoms with Gasteiger partial charge in [0.2, 0.25) is 0 Å². The molecule has 11 rings (SSSR count). The van der Waals surface area contributed by atoms with Crippen LogP contribution >= 0.6 is 11.3 Å². The maximum atomic E-state index is 5.42. The number of aromatic nitrogens is 2. The summed E-state index contributed by atoms with van der Waals surface area (Å²) in [7, 11) is 0. The van der Waals surface area contributed by atoms with Gasteiger partial charge >= 0.3 is 0 Å². The number of nitrogens with zero attached hydrogens (tertiary/aromatic N) is 2. The zero-order valence-electron chi connectivity index (χ0n) is 30.9. The number of benzene rings is 9. The molecule has 57 heavy (non-hydrogen) atoms. The van der Waals surface area contributed by atoms with Gasteiger partial charge in [0.05, 0.1) is 5.69 Å². The molecule has 2 aromatic heterocycles. The van der Waals surface area contributed by atoms with Crippen LogP contribution in [-0.2, 0) is 0 Å². The Morgan fingerprint density at radius 1 is 0.281 bits per heavy atom. The highest BCUT2D eigenvalue weighted by atomic mass is 32.1. The molecule has 3 heteroatoms. The van der Waals surface area contributed by atoms with Gasteiger partial charge in [0.1, 0.15) is 4.83 Å². The second-order valence-corrected chi connectivity index (χ2v) is 15.5. The van der Waals surface area contributed by atoms with Crippen molar-refractivity contribution >= 4 is 53.2 Å². The lowest BCUT2D eigenvalue weighted by molar-refractivity contribution is 1.24. The summed E-state index contributed by atoms with van der Waals surface area (Å²) in [5.41, 5.74) is 12.5. The van der Waals surface area contributed by atoms with Gasteiger partial charge in [0.25, 0.3) is 0 Å². The molecule has 0 spiro atoms. The predicted molar refractivity (Wildman–Crippen MR) is 243 cm³/mol. The minimum atomic E-state index is 0.734. The average Bonchev–Trinajstić information content (AvgIpc) is 3.70. The zero-order chi connectivity index (χ0) is 37.7. The first-order valence-corrected chi connectivity index (χ1v) is 20.1. The molecule has 0 radical (unpaired) electrons. The van der Waals surface area contributed by atoms with Crippen LogP contribution in [0.4, 0.5) is 0 Å². The van der Waals surface area contributed by atoms with E-state index in [1.165, 1.54) is 65.0 Å². The molecule has 2 heterocycles. The molecule has 0 N–H and O–H groups in total. The van der Waals surface area contributed by atoms with Gasteiger partial charge in [0, 0.05) is 32.0 Å². The third-order valence-corrected chi connectivity index (χ3v) is 12.2. The average molecular weight is 743 g/mol. The van der Waals surface area contributed by atoms with Crippen molar-refractivity contribution in [3.63, 3.8) is 0 Å². The van der Waals surface area contributed by atoms with E-state index in [0.29, 0.717) is 0 Å². The Balaban J connectivity index is 1.10. The fraction of sp³-hybridized carbons (Fsp3) is 0. The van der Waals surface area contributed by atoms with E-state index in [1.807, 2.05) is 6.07 Å². The minimum absolute atomic E-state index is 0.734. The van der Waals surface area contributed by atoms with Crippen molar-refractivity contribution in [2.24, 2.45) is 0 Å². The summed E-state index contributed by atoms with van der Waals surface area (Å²) in [5.74, 6) is 0.734. The number of rotatable bonds is 6. The SMILES string of the molecule is c1ccc(-c2cc(-c3ccccc3)cc(-c3cccc(-c4cccc(-c5nc(-c6ccccc6)nc6sc7c8ccccc8c8ccccc8c7c56)c4)c3)c2)cc1. The van der Waals surface area contributed by atoms with Gasteiger partial charge in [-0.25, -0.2) is 9.97 Å². The molecular formula is C54H34N2S. The summed E-state index contributed by atoms with van der Waals surface area (Å²) in [6.07, 6.45) is 0. The van der Waals surface area contributed by atoms with Crippen molar-refractivity contribution in [2.75, 3.05) is 0 Å². The molecule has 9 aromatic carbocycles. The molecule has 0 aliphatic carbocycles. The van der Waals surface area contributed by atoms with Gasteiger partial charge in [-0.15, -0.1) is 11.3 Å². The lowest BCUT2D eigenvalue weighted by Gasteiger charge is -2.13. The monoisotopic (exact) mass is 742 g/mol. The van der Waals surface area contributed by atoms with Crippen molar-refractivity contribution in [2.45, 2.75) is 0 Å². The standard InChI is InChI=1S/C54H34N2S/c1-4-16-35(17-5-1)42-32-43(36-18-6-2-7-19-36)34-44(33-42)40-24-14-22-38(30-40)39-23-15-25-41(31-39)51-50-49-47-28-12-10-26-45(47)46-27-11-13-29-48(46)52(49)57-54(50)56-53(55-51)37-20-8-3-9-21-37/h1-34H. The first kappa shape index (κ1) is 33.2. The highest BCUT2D eigenvalue weighted by Gasteiger charge is 2.21. The Morgan fingerprint density at radius 2 is 0.684 bits per heavy atom. The molecule has 0 unspecified atom stereocenters. The maximum absolute atomic E-state index is 5.42. The highest BCUT2D eigenvalue weighted by Crippen LogP contribution is 2.47. The van der Waals surface area contributed by atoms with Gasteiger partial charge in [-0.2, -0.15) is 0 Å². The summed E-state index contributed by atoms with van der Waals surface area (Å²) >= 11 is 1.77. The molecular weight excluding hydrogens is 709 g/mol. The van der Waals surface area contributed by atoms with E-state index in [4.69, 9.17) is 9.97 Å². The van der Waals surface area contributed by atoms with E-state index in [2.05, 4.69) is 200 Å². The summed E-state index contributed by atoms with van der Waals surface area (Å²) < 4.78 is 1.25. The third-order valence-electron chi connectivity index (χ3n) is 11.1. The van der Waals surface area contributed by atoms with Crippen LogP contribution in [0.2, 0.25) is 0 Å². The lowest BCUT2D eigenvalue weighted by atomic mass is 9.91. The molecule has 11 aromatic rings. The molecule has 0 saturated heterocycles. The number of hydrogen-bond donors (Lipinski definition) is 0. The van der Waals surface area contributed by atoms with Crippen molar-refractivity contribution in [1.82, 2.24) is 9.97 Å². The molecule has 266 valence electrons.